The molecule has 3 N–H and O–H groups in total. The molecule has 0 unspecified atom stereocenters. The van der Waals surface area contributed by atoms with E-state index in [1.165, 1.54) is 12.1 Å². The maximum absolute atomic E-state index is 15.2. The number of para-hydroxylation sites is 1. The maximum atomic E-state index is 15.2. The fourth-order valence-corrected chi connectivity index (χ4v) is 5.29. The average molecular weight is 431 g/mol. The molecule has 1 amide bonds. The summed E-state index contributed by atoms with van der Waals surface area (Å²) in [6.07, 6.45) is 0.525. The molecule has 7 heteroatoms. The first-order chi connectivity index (χ1) is 14.1. The predicted octanol–water partition coefficient (Wildman–Crippen LogP) is 4.31. The molecular formula is C23H24ClFN2O3. The monoisotopic (exact) mass is 430 g/mol. The van der Waals surface area contributed by atoms with E-state index < -0.39 is 35.2 Å². The molecule has 0 aromatic heterocycles. The quantitative estimate of drug-likeness (QED) is 0.677. The molecule has 1 spiro atoms. The number of fused-ring (bicyclic) bond motifs is 2. The first kappa shape index (κ1) is 20.8. The third-order valence-electron chi connectivity index (χ3n) is 6.15. The number of anilines is 1. The molecule has 2 aromatic rings. The van der Waals surface area contributed by atoms with Gasteiger partial charge in [0.15, 0.2) is 0 Å². The second-order valence-corrected chi connectivity index (χ2v) is 9.70. The summed E-state index contributed by atoms with van der Waals surface area (Å²) < 4.78 is 15.2. The number of carboxylic acid groups (broad SMARTS) is 1. The van der Waals surface area contributed by atoms with Crippen LogP contribution < -0.4 is 10.6 Å². The molecule has 2 aliphatic rings. The molecule has 4 rings (SSSR count). The van der Waals surface area contributed by atoms with Gasteiger partial charge in [-0.1, -0.05) is 62.7 Å². The molecule has 5 nitrogen and oxygen atoms in total. The number of hydrogen-bond donors (Lipinski definition) is 3. The van der Waals surface area contributed by atoms with Crippen LogP contribution in [0.1, 0.15) is 44.2 Å². The summed E-state index contributed by atoms with van der Waals surface area (Å²) in [5, 5.41) is 16.0. The standard InChI is InChI=1S/C23H24ClFN2O3/c1-22(2,3)11-16-23(13-8-4-5-10-15(13)26-21(23)30)17(19(27-16)20(28)29)12-7-6-9-14(24)18(12)25/h4-10,16-17,19,27H,11H2,1-3H3,(H,26,30)(H,28,29)/t16-,17+,19-,23+/m1/s1. The van der Waals surface area contributed by atoms with E-state index in [1.54, 1.807) is 12.1 Å². The molecule has 0 aliphatic carbocycles. The highest BCUT2D eigenvalue weighted by Crippen LogP contribution is 2.56. The van der Waals surface area contributed by atoms with Crippen molar-refractivity contribution < 1.29 is 19.1 Å². The SMILES string of the molecule is CC(C)(C)C[C@H]1N[C@@H](C(=O)O)[C@H](c2cccc(Cl)c2F)[C@@]12C(=O)Nc1ccccc12. The molecule has 0 bridgehead atoms. The van der Waals surface area contributed by atoms with Gasteiger partial charge in [-0.15, -0.1) is 0 Å². The van der Waals surface area contributed by atoms with E-state index in [2.05, 4.69) is 10.6 Å². The fourth-order valence-electron chi connectivity index (χ4n) is 5.11. The number of carbonyl (C=O) groups excluding carboxylic acids is 1. The molecule has 4 atom stereocenters. The number of aliphatic carboxylic acids is 1. The number of rotatable bonds is 3. The molecular weight excluding hydrogens is 407 g/mol. The van der Waals surface area contributed by atoms with Gasteiger partial charge in [0.1, 0.15) is 17.3 Å². The zero-order valence-corrected chi connectivity index (χ0v) is 17.8. The van der Waals surface area contributed by atoms with E-state index >= 15 is 4.39 Å². The van der Waals surface area contributed by atoms with E-state index in [0.717, 1.165) is 0 Å². The van der Waals surface area contributed by atoms with Crippen molar-refractivity contribution in [1.29, 1.82) is 0 Å². The third kappa shape index (κ3) is 3.01. The lowest BCUT2D eigenvalue weighted by molar-refractivity contribution is -0.139. The zero-order chi connectivity index (χ0) is 21.8. The number of nitrogens with one attached hydrogen (secondary N) is 2. The molecule has 0 radical (unpaired) electrons. The highest BCUT2D eigenvalue weighted by Gasteiger charge is 2.66. The number of hydrogen-bond acceptors (Lipinski definition) is 3. The lowest BCUT2D eigenvalue weighted by Gasteiger charge is -2.37. The average Bonchev–Trinajstić information content (AvgIpc) is 3.13. The van der Waals surface area contributed by atoms with Gasteiger partial charge in [0.2, 0.25) is 5.91 Å². The van der Waals surface area contributed by atoms with Crippen LogP contribution in [-0.4, -0.2) is 29.1 Å². The Hall–Kier alpha value is -2.44. The van der Waals surface area contributed by atoms with E-state index in [1.807, 2.05) is 39.0 Å². The molecule has 1 saturated heterocycles. The van der Waals surface area contributed by atoms with Crippen LogP contribution in [0.2, 0.25) is 5.02 Å². The second kappa shape index (κ2) is 7.06. The Bertz CT molecular complexity index is 1040. The van der Waals surface area contributed by atoms with Crippen molar-refractivity contribution in [1.82, 2.24) is 5.32 Å². The van der Waals surface area contributed by atoms with Gasteiger partial charge in [-0.2, -0.15) is 0 Å². The van der Waals surface area contributed by atoms with Gasteiger partial charge in [0.05, 0.1) is 5.02 Å². The van der Waals surface area contributed by atoms with Crippen LogP contribution in [0.25, 0.3) is 0 Å². The Balaban J connectivity index is 2.03. The smallest absolute Gasteiger partial charge is 0.321 e. The third-order valence-corrected chi connectivity index (χ3v) is 6.44. The van der Waals surface area contributed by atoms with Gasteiger partial charge in [0, 0.05) is 17.6 Å². The van der Waals surface area contributed by atoms with Gasteiger partial charge in [-0.25, -0.2) is 4.39 Å². The molecule has 2 aromatic carbocycles. The van der Waals surface area contributed by atoms with Crippen LogP contribution in [0.3, 0.4) is 0 Å². The van der Waals surface area contributed by atoms with Gasteiger partial charge in [-0.3, -0.25) is 14.9 Å². The Morgan fingerprint density at radius 3 is 2.57 bits per heavy atom. The minimum absolute atomic E-state index is 0.0993. The van der Waals surface area contributed by atoms with Gasteiger partial charge in [-0.05, 0) is 35.1 Å². The Morgan fingerprint density at radius 1 is 1.20 bits per heavy atom. The normalized spacial score (nSPS) is 27.9. The Kier molecular flexibility index (Phi) is 4.90. The first-order valence-electron chi connectivity index (χ1n) is 9.91. The van der Waals surface area contributed by atoms with E-state index in [-0.39, 0.29) is 21.9 Å². The highest BCUT2D eigenvalue weighted by molar-refractivity contribution is 6.30. The lowest BCUT2D eigenvalue weighted by Crippen LogP contribution is -2.49. The van der Waals surface area contributed by atoms with Crippen LogP contribution in [0.5, 0.6) is 0 Å². The first-order valence-corrected chi connectivity index (χ1v) is 10.3. The van der Waals surface area contributed by atoms with Crippen molar-refractivity contribution >= 4 is 29.2 Å². The minimum Gasteiger partial charge on any atom is -0.480 e. The van der Waals surface area contributed by atoms with E-state index in [9.17, 15) is 14.7 Å². The Morgan fingerprint density at radius 2 is 1.90 bits per heavy atom. The van der Waals surface area contributed by atoms with Crippen LogP contribution in [0.15, 0.2) is 42.5 Å². The minimum atomic E-state index is -1.28. The van der Waals surface area contributed by atoms with E-state index in [4.69, 9.17) is 11.6 Å². The molecule has 158 valence electrons. The molecule has 2 aliphatic heterocycles. The van der Waals surface area contributed by atoms with Crippen molar-refractivity contribution in [3.8, 4) is 0 Å². The summed E-state index contributed by atoms with van der Waals surface area (Å²) in [5.41, 5.74) is -0.0385. The second-order valence-electron chi connectivity index (χ2n) is 9.29. The van der Waals surface area contributed by atoms with Crippen LogP contribution in [0.4, 0.5) is 10.1 Å². The van der Waals surface area contributed by atoms with Crippen molar-refractivity contribution in [3.05, 3.63) is 64.4 Å². The number of carboxylic acids is 1. The van der Waals surface area contributed by atoms with Gasteiger partial charge >= 0.3 is 5.97 Å². The molecule has 30 heavy (non-hydrogen) atoms. The van der Waals surface area contributed by atoms with Gasteiger partial charge < -0.3 is 10.4 Å². The summed E-state index contributed by atoms with van der Waals surface area (Å²) in [7, 11) is 0. The predicted molar refractivity (Wildman–Crippen MR) is 113 cm³/mol. The van der Waals surface area contributed by atoms with Crippen LogP contribution >= 0.6 is 11.6 Å². The molecule has 2 heterocycles. The maximum Gasteiger partial charge on any atom is 0.321 e. The number of halogens is 2. The molecule has 1 fully saturated rings. The van der Waals surface area contributed by atoms with Gasteiger partial charge in [0.25, 0.3) is 0 Å². The fraction of sp³-hybridized carbons (Fsp3) is 0.391. The summed E-state index contributed by atoms with van der Waals surface area (Å²) in [6.45, 7) is 6.10. The topological polar surface area (TPSA) is 78.4 Å². The largest absolute Gasteiger partial charge is 0.480 e. The number of carbonyl (C=O) groups is 2. The van der Waals surface area contributed by atoms with E-state index in [0.29, 0.717) is 17.7 Å². The van der Waals surface area contributed by atoms with Crippen LogP contribution in [0, 0.1) is 11.2 Å². The van der Waals surface area contributed by atoms with Crippen molar-refractivity contribution in [2.75, 3.05) is 5.32 Å². The highest BCUT2D eigenvalue weighted by atomic mass is 35.5. The van der Waals surface area contributed by atoms with Crippen molar-refractivity contribution in [2.45, 2.75) is 50.6 Å². The zero-order valence-electron chi connectivity index (χ0n) is 17.0. The summed E-state index contributed by atoms with van der Waals surface area (Å²) in [4.78, 5) is 25.9. The summed E-state index contributed by atoms with van der Waals surface area (Å²) in [5.74, 6) is -3.11. The summed E-state index contributed by atoms with van der Waals surface area (Å²) >= 11 is 6.05. The lowest BCUT2D eigenvalue weighted by atomic mass is 9.62. The van der Waals surface area contributed by atoms with Crippen molar-refractivity contribution in [2.24, 2.45) is 5.41 Å². The van der Waals surface area contributed by atoms with Crippen LogP contribution in [-0.2, 0) is 15.0 Å². The number of amides is 1. The number of benzene rings is 2. The Labute approximate surface area is 179 Å². The summed E-state index contributed by atoms with van der Waals surface area (Å²) in [6, 6.07) is 10.1. The van der Waals surface area contributed by atoms with Crippen molar-refractivity contribution in [3.63, 3.8) is 0 Å². The molecule has 0 saturated carbocycles.